The third kappa shape index (κ3) is 2.34. The average Bonchev–Trinajstić information content (AvgIpc) is 2.98. The molecule has 1 saturated carbocycles. The van der Waals surface area contributed by atoms with Crippen LogP contribution in [0.5, 0.6) is 0 Å². The second-order valence-electron chi connectivity index (χ2n) is 4.57. The van der Waals surface area contributed by atoms with E-state index in [4.69, 9.17) is 0 Å². The highest BCUT2D eigenvalue weighted by Gasteiger charge is 2.34. The molecule has 2 rings (SSSR count). The van der Waals surface area contributed by atoms with Gasteiger partial charge in [0.1, 0.15) is 6.29 Å². The van der Waals surface area contributed by atoms with Gasteiger partial charge in [-0.05, 0) is 19.8 Å². The van der Waals surface area contributed by atoms with E-state index in [0.29, 0.717) is 12.5 Å². The fraction of sp³-hybridized carbons (Fsp3) is 0.909. The van der Waals surface area contributed by atoms with Crippen molar-refractivity contribution < 1.29 is 4.79 Å². The van der Waals surface area contributed by atoms with E-state index in [0.717, 1.165) is 32.0 Å². The first-order valence-electron chi connectivity index (χ1n) is 5.73. The molecular formula is C11H20N2O. The minimum Gasteiger partial charge on any atom is -0.303 e. The van der Waals surface area contributed by atoms with Crippen LogP contribution in [0.1, 0.15) is 26.2 Å². The molecular weight excluding hydrogens is 176 g/mol. The highest BCUT2D eigenvalue weighted by Crippen LogP contribution is 2.29. The standard InChI is InChI=1S/C11H20N2O/c1-10-9-12(5-2-8-14)6-7-13(10)11-3-4-11/h8,10-11H,2-7,9H2,1H3. The molecule has 1 atom stereocenters. The lowest BCUT2D eigenvalue weighted by molar-refractivity contribution is -0.108. The van der Waals surface area contributed by atoms with Gasteiger partial charge in [0.15, 0.2) is 0 Å². The van der Waals surface area contributed by atoms with Crippen LogP contribution in [-0.2, 0) is 4.79 Å². The molecule has 3 nitrogen and oxygen atoms in total. The van der Waals surface area contributed by atoms with Gasteiger partial charge in [-0.1, -0.05) is 0 Å². The van der Waals surface area contributed by atoms with E-state index in [-0.39, 0.29) is 0 Å². The van der Waals surface area contributed by atoms with Crippen molar-refractivity contribution >= 4 is 6.29 Å². The fourth-order valence-electron chi connectivity index (χ4n) is 2.43. The minimum absolute atomic E-state index is 0.683. The summed E-state index contributed by atoms with van der Waals surface area (Å²) in [5.74, 6) is 0. The lowest BCUT2D eigenvalue weighted by Crippen LogP contribution is -2.52. The van der Waals surface area contributed by atoms with Crippen molar-refractivity contribution in [2.75, 3.05) is 26.2 Å². The van der Waals surface area contributed by atoms with E-state index in [1.54, 1.807) is 0 Å². The molecule has 1 heterocycles. The molecule has 1 aliphatic heterocycles. The van der Waals surface area contributed by atoms with Crippen LogP contribution in [0.4, 0.5) is 0 Å². The Morgan fingerprint density at radius 3 is 2.71 bits per heavy atom. The van der Waals surface area contributed by atoms with Gasteiger partial charge in [0.05, 0.1) is 0 Å². The zero-order valence-corrected chi connectivity index (χ0v) is 8.98. The van der Waals surface area contributed by atoms with Gasteiger partial charge < -0.3 is 9.69 Å². The summed E-state index contributed by atoms with van der Waals surface area (Å²) >= 11 is 0. The predicted octanol–water partition coefficient (Wildman–Crippen LogP) is 0.744. The number of rotatable bonds is 4. The minimum atomic E-state index is 0.683. The molecule has 14 heavy (non-hydrogen) atoms. The number of aldehydes is 1. The zero-order valence-electron chi connectivity index (χ0n) is 8.98. The first kappa shape index (κ1) is 10.1. The fourth-order valence-corrected chi connectivity index (χ4v) is 2.43. The molecule has 1 saturated heterocycles. The number of carbonyl (C=O) groups excluding carboxylic acids is 1. The Labute approximate surface area is 86.1 Å². The maximum absolute atomic E-state index is 10.3. The Balaban J connectivity index is 1.76. The topological polar surface area (TPSA) is 23.6 Å². The van der Waals surface area contributed by atoms with Crippen LogP contribution < -0.4 is 0 Å². The van der Waals surface area contributed by atoms with Crippen LogP contribution in [0, 0.1) is 0 Å². The van der Waals surface area contributed by atoms with Gasteiger partial charge in [0.25, 0.3) is 0 Å². The predicted molar refractivity (Wildman–Crippen MR) is 56.3 cm³/mol. The second-order valence-corrected chi connectivity index (χ2v) is 4.57. The summed E-state index contributed by atoms with van der Waals surface area (Å²) in [7, 11) is 0. The van der Waals surface area contributed by atoms with Crippen molar-refractivity contribution in [2.45, 2.75) is 38.3 Å². The van der Waals surface area contributed by atoms with Crippen LogP contribution in [-0.4, -0.2) is 54.3 Å². The summed E-state index contributed by atoms with van der Waals surface area (Å²) in [6.45, 7) is 6.75. The normalized spacial score (nSPS) is 30.5. The van der Waals surface area contributed by atoms with E-state index < -0.39 is 0 Å². The van der Waals surface area contributed by atoms with Gasteiger partial charge in [-0.2, -0.15) is 0 Å². The Morgan fingerprint density at radius 1 is 1.36 bits per heavy atom. The van der Waals surface area contributed by atoms with Crippen molar-refractivity contribution in [1.29, 1.82) is 0 Å². The van der Waals surface area contributed by atoms with Gasteiger partial charge >= 0.3 is 0 Å². The molecule has 0 aromatic heterocycles. The third-order valence-corrected chi connectivity index (χ3v) is 3.34. The quantitative estimate of drug-likeness (QED) is 0.620. The van der Waals surface area contributed by atoms with Crippen LogP contribution in [0.3, 0.4) is 0 Å². The van der Waals surface area contributed by atoms with Crippen LogP contribution >= 0.6 is 0 Å². The Kier molecular flexibility index (Phi) is 3.19. The molecule has 3 heteroatoms. The maximum atomic E-state index is 10.3. The molecule has 1 aliphatic carbocycles. The number of hydrogen-bond donors (Lipinski definition) is 0. The second kappa shape index (κ2) is 4.41. The SMILES string of the molecule is CC1CN(CCC=O)CCN1C1CC1. The first-order valence-corrected chi connectivity index (χ1v) is 5.73. The Morgan fingerprint density at radius 2 is 2.14 bits per heavy atom. The molecule has 0 amide bonds. The number of nitrogens with zero attached hydrogens (tertiary/aromatic N) is 2. The van der Waals surface area contributed by atoms with Gasteiger partial charge in [-0.25, -0.2) is 0 Å². The molecule has 2 fully saturated rings. The highest BCUT2D eigenvalue weighted by atomic mass is 16.1. The van der Waals surface area contributed by atoms with Gasteiger partial charge in [-0.3, -0.25) is 4.90 Å². The summed E-state index contributed by atoms with van der Waals surface area (Å²) < 4.78 is 0. The van der Waals surface area contributed by atoms with E-state index in [2.05, 4.69) is 16.7 Å². The summed E-state index contributed by atoms with van der Waals surface area (Å²) in [5, 5.41) is 0. The molecule has 0 aromatic carbocycles. The van der Waals surface area contributed by atoms with Crippen molar-refractivity contribution in [1.82, 2.24) is 9.80 Å². The van der Waals surface area contributed by atoms with Crippen LogP contribution in [0.25, 0.3) is 0 Å². The Hall–Kier alpha value is -0.410. The summed E-state index contributed by atoms with van der Waals surface area (Å²) in [5.41, 5.74) is 0. The van der Waals surface area contributed by atoms with Crippen molar-refractivity contribution in [3.63, 3.8) is 0 Å². The van der Waals surface area contributed by atoms with Gasteiger partial charge in [0.2, 0.25) is 0 Å². The number of piperazine rings is 1. The van der Waals surface area contributed by atoms with Crippen molar-refractivity contribution in [3.05, 3.63) is 0 Å². The number of hydrogen-bond acceptors (Lipinski definition) is 3. The van der Waals surface area contributed by atoms with Crippen molar-refractivity contribution in [3.8, 4) is 0 Å². The smallest absolute Gasteiger partial charge is 0.121 e. The summed E-state index contributed by atoms with van der Waals surface area (Å²) in [6, 6.07) is 1.57. The highest BCUT2D eigenvalue weighted by molar-refractivity contribution is 5.49. The van der Waals surface area contributed by atoms with E-state index in [1.807, 2.05) is 0 Å². The van der Waals surface area contributed by atoms with Crippen LogP contribution in [0.15, 0.2) is 0 Å². The van der Waals surface area contributed by atoms with Crippen molar-refractivity contribution in [2.24, 2.45) is 0 Å². The lowest BCUT2D eigenvalue weighted by Gasteiger charge is -2.39. The summed E-state index contributed by atoms with van der Waals surface area (Å²) in [4.78, 5) is 15.3. The largest absolute Gasteiger partial charge is 0.303 e. The molecule has 80 valence electrons. The molecule has 0 N–H and O–H groups in total. The molecule has 2 aliphatic rings. The lowest BCUT2D eigenvalue weighted by atomic mass is 10.2. The average molecular weight is 196 g/mol. The Bertz CT molecular complexity index is 203. The van der Waals surface area contributed by atoms with Gasteiger partial charge in [-0.15, -0.1) is 0 Å². The van der Waals surface area contributed by atoms with E-state index >= 15 is 0 Å². The third-order valence-electron chi connectivity index (χ3n) is 3.34. The summed E-state index contributed by atoms with van der Waals surface area (Å²) in [6.07, 6.45) is 4.52. The number of carbonyl (C=O) groups is 1. The molecule has 0 bridgehead atoms. The van der Waals surface area contributed by atoms with Gasteiger partial charge in [0, 0.05) is 44.7 Å². The molecule has 0 radical (unpaired) electrons. The molecule has 0 aromatic rings. The van der Waals surface area contributed by atoms with Crippen LogP contribution in [0.2, 0.25) is 0 Å². The first-order chi connectivity index (χ1) is 6.81. The monoisotopic (exact) mass is 196 g/mol. The van der Waals surface area contributed by atoms with E-state index in [1.165, 1.54) is 19.4 Å². The van der Waals surface area contributed by atoms with E-state index in [9.17, 15) is 4.79 Å². The molecule has 1 unspecified atom stereocenters. The molecule has 0 spiro atoms. The zero-order chi connectivity index (χ0) is 9.97. The maximum Gasteiger partial charge on any atom is 0.121 e.